The van der Waals surface area contributed by atoms with Crippen molar-refractivity contribution in [2.24, 2.45) is 0 Å². The number of nitrogens with zero attached hydrogens (tertiary/aromatic N) is 1. The minimum atomic E-state index is -0.308. The highest BCUT2D eigenvalue weighted by molar-refractivity contribution is 5.93. The summed E-state index contributed by atoms with van der Waals surface area (Å²) in [7, 11) is 1.61. The van der Waals surface area contributed by atoms with Gasteiger partial charge in [-0.3, -0.25) is 4.79 Å². The van der Waals surface area contributed by atoms with E-state index in [2.05, 4.69) is 17.1 Å². The van der Waals surface area contributed by atoms with E-state index in [4.69, 9.17) is 4.74 Å². The maximum absolute atomic E-state index is 11.4. The summed E-state index contributed by atoms with van der Waals surface area (Å²) < 4.78 is 5.25. The smallest absolute Gasteiger partial charge is 0.251 e. The van der Waals surface area contributed by atoms with Crippen molar-refractivity contribution >= 4 is 5.91 Å². The summed E-state index contributed by atoms with van der Waals surface area (Å²) in [6, 6.07) is 0. The van der Waals surface area contributed by atoms with E-state index < -0.39 is 0 Å². The van der Waals surface area contributed by atoms with Gasteiger partial charge in [-0.2, -0.15) is 0 Å². The van der Waals surface area contributed by atoms with E-state index in [1.807, 2.05) is 13.1 Å². The summed E-state index contributed by atoms with van der Waals surface area (Å²) in [6.45, 7) is 4.97. The molecule has 1 N–H and O–H groups in total. The second-order valence-electron chi connectivity index (χ2n) is 4.53. The third kappa shape index (κ3) is 4.38. The lowest BCUT2D eigenvalue weighted by Gasteiger charge is -2.33. The molecule has 0 fully saturated rings. The number of nitrogens with one attached hydrogen (secondary N) is 1. The summed E-state index contributed by atoms with van der Waals surface area (Å²) >= 11 is 0. The molecule has 0 bridgehead atoms. The molecule has 1 rings (SSSR count). The molecule has 1 amide bonds. The van der Waals surface area contributed by atoms with Crippen LogP contribution in [-0.2, 0) is 9.53 Å². The Bertz CT molecular complexity index is 277. The molecule has 0 saturated heterocycles. The largest absolute Gasteiger partial charge is 0.344 e. The molecular formula is C13H24N2O2. The van der Waals surface area contributed by atoms with Gasteiger partial charge in [-0.05, 0) is 13.3 Å². The first-order valence-corrected chi connectivity index (χ1v) is 6.47. The van der Waals surface area contributed by atoms with Gasteiger partial charge in [0.25, 0.3) is 5.91 Å². The SMILES string of the molecule is CCCCCCCN1C=C(C)C(=O)NC1OC. The van der Waals surface area contributed by atoms with Gasteiger partial charge in [-0.1, -0.05) is 32.6 Å². The van der Waals surface area contributed by atoms with Crippen molar-refractivity contribution < 1.29 is 9.53 Å². The van der Waals surface area contributed by atoms with E-state index in [1.54, 1.807) is 7.11 Å². The zero-order valence-electron chi connectivity index (χ0n) is 11.2. The molecule has 0 aliphatic carbocycles. The van der Waals surface area contributed by atoms with Crippen molar-refractivity contribution in [3.8, 4) is 0 Å². The van der Waals surface area contributed by atoms with E-state index in [0.717, 1.165) is 18.5 Å². The monoisotopic (exact) mass is 240 g/mol. The Morgan fingerprint density at radius 3 is 2.71 bits per heavy atom. The van der Waals surface area contributed by atoms with Crippen LogP contribution in [0.3, 0.4) is 0 Å². The Morgan fingerprint density at radius 2 is 2.06 bits per heavy atom. The van der Waals surface area contributed by atoms with E-state index >= 15 is 0 Å². The van der Waals surface area contributed by atoms with Crippen LogP contribution in [0.15, 0.2) is 11.8 Å². The Kier molecular flexibility index (Phi) is 6.05. The molecule has 98 valence electrons. The fourth-order valence-electron chi connectivity index (χ4n) is 1.96. The quantitative estimate of drug-likeness (QED) is 0.694. The molecule has 0 aromatic rings. The third-order valence-electron chi connectivity index (χ3n) is 3.02. The Labute approximate surface area is 104 Å². The van der Waals surface area contributed by atoms with Crippen molar-refractivity contribution in [2.75, 3.05) is 13.7 Å². The lowest BCUT2D eigenvalue weighted by Crippen LogP contribution is -2.51. The van der Waals surface area contributed by atoms with Crippen molar-refractivity contribution in [1.82, 2.24) is 10.2 Å². The van der Waals surface area contributed by atoms with Gasteiger partial charge in [0.1, 0.15) is 0 Å². The van der Waals surface area contributed by atoms with Gasteiger partial charge < -0.3 is 15.0 Å². The number of methoxy groups -OCH3 is 1. The molecule has 1 aliphatic heterocycles. The summed E-state index contributed by atoms with van der Waals surface area (Å²) in [6.07, 6.45) is 7.82. The van der Waals surface area contributed by atoms with Gasteiger partial charge in [0.2, 0.25) is 6.35 Å². The van der Waals surface area contributed by atoms with Crippen LogP contribution in [-0.4, -0.2) is 30.8 Å². The average molecular weight is 240 g/mol. The van der Waals surface area contributed by atoms with Crippen LogP contribution in [0.1, 0.15) is 46.0 Å². The lowest BCUT2D eigenvalue weighted by molar-refractivity contribution is -0.128. The number of hydrogen-bond donors (Lipinski definition) is 1. The topological polar surface area (TPSA) is 41.6 Å². The molecule has 0 radical (unpaired) electrons. The van der Waals surface area contributed by atoms with Crippen LogP contribution < -0.4 is 5.32 Å². The van der Waals surface area contributed by atoms with Crippen molar-refractivity contribution in [3.05, 3.63) is 11.8 Å². The van der Waals surface area contributed by atoms with Gasteiger partial charge in [-0.25, -0.2) is 0 Å². The minimum Gasteiger partial charge on any atom is -0.344 e. The van der Waals surface area contributed by atoms with Crippen LogP contribution in [0.2, 0.25) is 0 Å². The van der Waals surface area contributed by atoms with E-state index in [9.17, 15) is 4.79 Å². The number of carbonyl (C=O) groups excluding carboxylic acids is 1. The van der Waals surface area contributed by atoms with Gasteiger partial charge in [-0.15, -0.1) is 0 Å². The van der Waals surface area contributed by atoms with Gasteiger partial charge in [0.15, 0.2) is 0 Å². The maximum atomic E-state index is 11.4. The van der Waals surface area contributed by atoms with Crippen LogP contribution in [0.4, 0.5) is 0 Å². The van der Waals surface area contributed by atoms with E-state index in [0.29, 0.717) is 0 Å². The van der Waals surface area contributed by atoms with E-state index in [1.165, 1.54) is 25.7 Å². The zero-order valence-corrected chi connectivity index (χ0v) is 11.2. The predicted octanol–water partition coefficient (Wildman–Crippen LogP) is 2.22. The van der Waals surface area contributed by atoms with Crippen LogP contribution in [0.5, 0.6) is 0 Å². The molecule has 4 heteroatoms. The van der Waals surface area contributed by atoms with Gasteiger partial charge in [0.05, 0.1) is 0 Å². The van der Waals surface area contributed by atoms with Crippen molar-refractivity contribution in [1.29, 1.82) is 0 Å². The third-order valence-corrected chi connectivity index (χ3v) is 3.02. The normalized spacial score (nSPS) is 20.2. The lowest BCUT2D eigenvalue weighted by atomic mass is 10.1. The molecular weight excluding hydrogens is 216 g/mol. The first kappa shape index (κ1) is 14.0. The molecule has 17 heavy (non-hydrogen) atoms. The van der Waals surface area contributed by atoms with Crippen LogP contribution in [0.25, 0.3) is 0 Å². The van der Waals surface area contributed by atoms with Gasteiger partial charge in [0, 0.05) is 25.4 Å². The van der Waals surface area contributed by atoms with E-state index in [-0.39, 0.29) is 12.3 Å². The number of unbranched alkanes of at least 4 members (excludes halogenated alkanes) is 4. The second-order valence-corrected chi connectivity index (χ2v) is 4.53. The highest BCUT2D eigenvalue weighted by atomic mass is 16.5. The minimum absolute atomic E-state index is 0.0425. The number of amides is 1. The zero-order chi connectivity index (χ0) is 12.7. The fraction of sp³-hybridized carbons (Fsp3) is 0.769. The average Bonchev–Trinajstić information content (AvgIpc) is 2.33. The highest BCUT2D eigenvalue weighted by Gasteiger charge is 2.23. The molecule has 4 nitrogen and oxygen atoms in total. The Morgan fingerprint density at radius 1 is 1.35 bits per heavy atom. The fourth-order valence-corrected chi connectivity index (χ4v) is 1.96. The molecule has 1 unspecified atom stereocenters. The first-order valence-electron chi connectivity index (χ1n) is 6.47. The molecule has 1 aliphatic rings. The van der Waals surface area contributed by atoms with Crippen LogP contribution >= 0.6 is 0 Å². The summed E-state index contributed by atoms with van der Waals surface area (Å²) in [4.78, 5) is 13.5. The highest BCUT2D eigenvalue weighted by Crippen LogP contribution is 2.12. The summed E-state index contributed by atoms with van der Waals surface area (Å²) in [5, 5.41) is 2.81. The molecule has 0 aromatic heterocycles. The number of ether oxygens (including phenoxy) is 1. The number of carbonyl (C=O) groups is 1. The Balaban J connectivity index is 2.36. The summed E-state index contributed by atoms with van der Waals surface area (Å²) in [5.74, 6) is -0.0425. The molecule has 0 saturated carbocycles. The molecule has 0 spiro atoms. The number of rotatable bonds is 7. The van der Waals surface area contributed by atoms with Crippen molar-refractivity contribution in [2.45, 2.75) is 52.3 Å². The standard InChI is InChI=1S/C13H24N2O2/c1-4-5-6-7-8-9-15-10-11(2)12(16)14-13(15)17-3/h10,13H,4-9H2,1-3H3,(H,14,16). The second kappa shape index (κ2) is 7.33. The maximum Gasteiger partial charge on any atom is 0.251 e. The number of hydrogen-bond acceptors (Lipinski definition) is 3. The molecule has 1 heterocycles. The van der Waals surface area contributed by atoms with Crippen LogP contribution in [0, 0.1) is 0 Å². The molecule has 1 atom stereocenters. The molecule has 0 aromatic carbocycles. The first-order chi connectivity index (χ1) is 8.19. The van der Waals surface area contributed by atoms with Gasteiger partial charge >= 0.3 is 0 Å². The van der Waals surface area contributed by atoms with Crippen molar-refractivity contribution in [3.63, 3.8) is 0 Å². The summed E-state index contributed by atoms with van der Waals surface area (Å²) in [5.41, 5.74) is 0.742. The Hall–Kier alpha value is -1.03. The predicted molar refractivity (Wildman–Crippen MR) is 68.2 cm³/mol.